The number of benzene rings is 5. The van der Waals surface area contributed by atoms with Crippen LogP contribution in [0.5, 0.6) is 0 Å². The van der Waals surface area contributed by atoms with Gasteiger partial charge in [-0.1, -0.05) is 91.0 Å². The fourth-order valence-corrected chi connectivity index (χ4v) is 4.75. The Morgan fingerprint density at radius 1 is 0.485 bits per heavy atom. The second-order valence-electron chi connectivity index (χ2n) is 8.22. The lowest BCUT2D eigenvalue weighted by Gasteiger charge is -2.12. The first-order valence-electron chi connectivity index (χ1n) is 11.0. The van der Waals surface area contributed by atoms with Gasteiger partial charge in [0.15, 0.2) is 5.82 Å². The lowest BCUT2D eigenvalue weighted by molar-refractivity contribution is 0.672. The van der Waals surface area contributed by atoms with Gasteiger partial charge >= 0.3 is 0 Å². The number of para-hydroxylation sites is 2. The largest absolute Gasteiger partial charge is 0.455 e. The van der Waals surface area contributed by atoms with Crippen LogP contribution < -0.4 is 0 Å². The first-order valence-corrected chi connectivity index (χ1v) is 11.0. The van der Waals surface area contributed by atoms with Crippen molar-refractivity contribution in [1.82, 2.24) is 9.97 Å². The van der Waals surface area contributed by atoms with Crippen molar-refractivity contribution in [2.75, 3.05) is 0 Å². The van der Waals surface area contributed by atoms with Crippen molar-refractivity contribution in [1.29, 1.82) is 0 Å². The van der Waals surface area contributed by atoms with Gasteiger partial charge in [-0.25, -0.2) is 9.97 Å². The molecule has 33 heavy (non-hydrogen) atoms. The molecule has 0 aliphatic rings. The monoisotopic (exact) mass is 422 g/mol. The third-order valence-corrected chi connectivity index (χ3v) is 6.29. The highest BCUT2D eigenvalue weighted by Gasteiger charge is 2.16. The third-order valence-electron chi connectivity index (χ3n) is 6.29. The normalized spacial score (nSPS) is 11.6. The first-order chi connectivity index (χ1) is 16.4. The summed E-state index contributed by atoms with van der Waals surface area (Å²) in [5, 5.41) is 5.51. The fourth-order valence-electron chi connectivity index (χ4n) is 4.75. The summed E-state index contributed by atoms with van der Waals surface area (Å²) in [4.78, 5) is 9.93. The molecule has 5 aromatic carbocycles. The Labute approximate surface area is 190 Å². The van der Waals surface area contributed by atoms with Crippen LogP contribution in [-0.4, -0.2) is 9.97 Å². The van der Waals surface area contributed by atoms with E-state index in [1.54, 1.807) is 0 Å². The van der Waals surface area contributed by atoms with E-state index in [1.807, 2.05) is 42.5 Å². The molecule has 3 nitrogen and oxygen atoms in total. The molecule has 7 aromatic rings. The van der Waals surface area contributed by atoms with Crippen LogP contribution in [-0.2, 0) is 0 Å². The lowest BCUT2D eigenvalue weighted by atomic mass is 9.97. The quantitative estimate of drug-likeness (QED) is 0.283. The molecule has 0 amide bonds. The maximum Gasteiger partial charge on any atom is 0.160 e. The van der Waals surface area contributed by atoms with E-state index in [1.165, 1.54) is 0 Å². The van der Waals surface area contributed by atoms with Crippen LogP contribution in [0.4, 0.5) is 0 Å². The van der Waals surface area contributed by atoms with E-state index >= 15 is 0 Å². The second kappa shape index (κ2) is 7.01. The number of aromatic nitrogens is 2. The fraction of sp³-hybridized carbons (Fsp3) is 0. The minimum Gasteiger partial charge on any atom is -0.455 e. The van der Waals surface area contributed by atoms with Gasteiger partial charge in [-0.15, -0.1) is 0 Å². The van der Waals surface area contributed by atoms with Gasteiger partial charge < -0.3 is 4.42 Å². The Morgan fingerprint density at radius 2 is 1.18 bits per heavy atom. The summed E-state index contributed by atoms with van der Waals surface area (Å²) >= 11 is 0. The summed E-state index contributed by atoms with van der Waals surface area (Å²) in [6.07, 6.45) is 0. The van der Waals surface area contributed by atoms with E-state index in [0.717, 1.165) is 66.3 Å². The van der Waals surface area contributed by atoms with Crippen molar-refractivity contribution in [2.45, 2.75) is 0 Å². The minimum atomic E-state index is 0.728. The molecule has 154 valence electrons. The second-order valence-corrected chi connectivity index (χ2v) is 8.22. The zero-order valence-electron chi connectivity index (χ0n) is 17.7. The maximum absolute atomic E-state index is 6.30. The van der Waals surface area contributed by atoms with Crippen LogP contribution in [0.2, 0.25) is 0 Å². The SMILES string of the molecule is c1ccc(-c2nc(-c3cccc4c3ccc3c5ccccc5oc43)c3ccccc3n2)cc1. The number of rotatable bonds is 2. The van der Waals surface area contributed by atoms with Crippen molar-refractivity contribution < 1.29 is 4.42 Å². The van der Waals surface area contributed by atoms with E-state index in [0.29, 0.717) is 0 Å². The highest BCUT2D eigenvalue weighted by atomic mass is 16.3. The molecule has 3 heteroatoms. The van der Waals surface area contributed by atoms with Gasteiger partial charge in [0.05, 0.1) is 11.2 Å². The van der Waals surface area contributed by atoms with E-state index in [2.05, 4.69) is 66.7 Å². The van der Waals surface area contributed by atoms with E-state index in [-0.39, 0.29) is 0 Å². The average Bonchev–Trinajstić information content (AvgIpc) is 3.27. The van der Waals surface area contributed by atoms with E-state index < -0.39 is 0 Å². The highest BCUT2D eigenvalue weighted by molar-refractivity contribution is 6.18. The predicted molar refractivity (Wildman–Crippen MR) is 135 cm³/mol. The predicted octanol–water partition coefficient (Wildman–Crippen LogP) is 8.02. The Hall–Kier alpha value is -4.50. The molecule has 0 atom stereocenters. The van der Waals surface area contributed by atoms with Crippen molar-refractivity contribution in [3.63, 3.8) is 0 Å². The maximum atomic E-state index is 6.30. The molecule has 0 unspecified atom stereocenters. The first kappa shape index (κ1) is 18.1. The molecule has 0 fully saturated rings. The summed E-state index contributed by atoms with van der Waals surface area (Å²) in [6, 6.07) is 37.3. The van der Waals surface area contributed by atoms with Crippen LogP contribution in [0, 0.1) is 0 Å². The zero-order valence-corrected chi connectivity index (χ0v) is 17.7. The molecule has 0 saturated carbocycles. The minimum absolute atomic E-state index is 0.728. The Balaban J connectivity index is 1.57. The zero-order chi connectivity index (χ0) is 21.8. The van der Waals surface area contributed by atoms with Gasteiger partial charge in [0.25, 0.3) is 0 Å². The highest BCUT2D eigenvalue weighted by Crippen LogP contribution is 2.39. The van der Waals surface area contributed by atoms with Crippen molar-refractivity contribution in [3.05, 3.63) is 109 Å². The summed E-state index contributed by atoms with van der Waals surface area (Å²) in [7, 11) is 0. The number of hydrogen-bond acceptors (Lipinski definition) is 3. The standard InChI is InChI=1S/C30H18N2O/c1-2-9-19(10-3-1)30-31-26-15-6-4-12-25(26)28(32-30)22-13-8-14-23-20(22)17-18-24-21-11-5-7-16-27(21)33-29(23)24/h1-18H. The number of nitrogens with zero attached hydrogens (tertiary/aromatic N) is 2. The van der Waals surface area contributed by atoms with Gasteiger partial charge in [0.1, 0.15) is 11.2 Å². The molecule has 0 aliphatic heterocycles. The van der Waals surface area contributed by atoms with Crippen LogP contribution in [0.3, 0.4) is 0 Å². The van der Waals surface area contributed by atoms with Crippen molar-refractivity contribution in [3.8, 4) is 22.6 Å². The molecule has 0 aliphatic carbocycles. The molecule has 0 radical (unpaired) electrons. The Bertz CT molecular complexity index is 1820. The van der Waals surface area contributed by atoms with Crippen LogP contribution in [0.25, 0.3) is 66.3 Å². The van der Waals surface area contributed by atoms with Gasteiger partial charge in [-0.2, -0.15) is 0 Å². The van der Waals surface area contributed by atoms with Crippen LogP contribution >= 0.6 is 0 Å². The molecule has 0 spiro atoms. The Kier molecular flexibility index (Phi) is 3.84. The molecule has 0 saturated heterocycles. The van der Waals surface area contributed by atoms with Gasteiger partial charge in [-0.05, 0) is 23.6 Å². The van der Waals surface area contributed by atoms with Crippen molar-refractivity contribution >= 4 is 43.6 Å². The smallest absolute Gasteiger partial charge is 0.160 e. The Morgan fingerprint density at radius 3 is 2.09 bits per heavy atom. The molecule has 0 bridgehead atoms. The number of furan rings is 1. The molecule has 7 rings (SSSR count). The molecule has 2 heterocycles. The molecular formula is C30H18N2O. The third kappa shape index (κ3) is 2.76. The summed E-state index contributed by atoms with van der Waals surface area (Å²) in [5.41, 5.74) is 5.76. The number of hydrogen-bond donors (Lipinski definition) is 0. The van der Waals surface area contributed by atoms with E-state index in [9.17, 15) is 0 Å². The van der Waals surface area contributed by atoms with Crippen molar-refractivity contribution in [2.24, 2.45) is 0 Å². The number of fused-ring (bicyclic) bond motifs is 6. The molecular weight excluding hydrogens is 404 g/mol. The van der Waals surface area contributed by atoms with Gasteiger partial charge in [-0.3, -0.25) is 0 Å². The lowest BCUT2D eigenvalue weighted by Crippen LogP contribution is -1.95. The van der Waals surface area contributed by atoms with Gasteiger partial charge in [0.2, 0.25) is 0 Å². The van der Waals surface area contributed by atoms with Crippen LogP contribution in [0.15, 0.2) is 114 Å². The summed E-state index contributed by atoms with van der Waals surface area (Å²) in [5.74, 6) is 0.728. The summed E-state index contributed by atoms with van der Waals surface area (Å²) in [6.45, 7) is 0. The topological polar surface area (TPSA) is 38.9 Å². The van der Waals surface area contributed by atoms with Gasteiger partial charge in [0, 0.05) is 32.7 Å². The average molecular weight is 422 g/mol. The summed E-state index contributed by atoms with van der Waals surface area (Å²) < 4.78 is 6.30. The molecule has 0 N–H and O–H groups in total. The molecule has 2 aromatic heterocycles. The van der Waals surface area contributed by atoms with E-state index in [4.69, 9.17) is 14.4 Å². The van der Waals surface area contributed by atoms with Crippen LogP contribution in [0.1, 0.15) is 0 Å².